The van der Waals surface area contributed by atoms with E-state index < -0.39 is 12.1 Å². The molecule has 0 fully saturated rings. The minimum Gasteiger partial charge on any atom is -0.459 e. The van der Waals surface area contributed by atoms with Crippen molar-refractivity contribution in [2.45, 2.75) is 31.8 Å². The largest absolute Gasteiger partial charge is 0.459 e. The topological polar surface area (TPSA) is 100 Å². The van der Waals surface area contributed by atoms with Crippen molar-refractivity contribution >= 4 is 45.5 Å². The second-order valence-corrected chi connectivity index (χ2v) is 8.94. The van der Waals surface area contributed by atoms with Gasteiger partial charge in [0.15, 0.2) is 11.9 Å². The van der Waals surface area contributed by atoms with Crippen molar-refractivity contribution in [1.82, 2.24) is 10.6 Å². The number of Topliss-reactive ketones (excluding diaryl/α,β-unsaturated/α-hetero) is 1. The zero-order valence-corrected chi connectivity index (χ0v) is 18.9. The molecule has 32 heavy (non-hydrogen) atoms. The molecule has 0 saturated carbocycles. The molecule has 2 amide bonds. The Bertz CT molecular complexity index is 1140. The van der Waals surface area contributed by atoms with Crippen molar-refractivity contribution in [3.05, 3.63) is 75.0 Å². The molecule has 166 valence electrons. The summed E-state index contributed by atoms with van der Waals surface area (Å²) in [6.45, 7) is 0. The number of amides is 2. The molecule has 4 rings (SSSR count). The fourth-order valence-electron chi connectivity index (χ4n) is 3.72. The standard InChI is InChI=1S/C23H22ClN3O4S/c1-25-22(30)18-15-5-2-3-7-17(15)32-23(18)27-20(26-21(29)16-6-4-12-31-16)19(28)13-8-10-14(24)11-9-13/h4,6,8-12,20,27H,2-3,5,7H2,1H3,(H,25,30)(H,26,29)/t20-/m1/s1. The zero-order valence-electron chi connectivity index (χ0n) is 17.4. The predicted octanol–water partition coefficient (Wildman–Crippen LogP) is 4.28. The van der Waals surface area contributed by atoms with Crippen LogP contribution >= 0.6 is 22.9 Å². The molecule has 3 N–H and O–H groups in total. The molecule has 1 aliphatic carbocycles. The number of carbonyl (C=O) groups is 3. The highest BCUT2D eigenvalue weighted by atomic mass is 35.5. The van der Waals surface area contributed by atoms with Gasteiger partial charge in [-0.15, -0.1) is 11.3 Å². The van der Waals surface area contributed by atoms with Crippen LogP contribution in [0.5, 0.6) is 0 Å². The SMILES string of the molecule is CNC(=O)c1c(N[C@@H](NC(=O)c2ccco2)C(=O)c2ccc(Cl)cc2)sc2c1CCCC2. The number of aryl methyl sites for hydroxylation is 1. The first-order valence-corrected chi connectivity index (χ1v) is 11.4. The number of fused-ring (bicyclic) bond motifs is 1. The smallest absolute Gasteiger partial charge is 0.288 e. The van der Waals surface area contributed by atoms with Crippen LogP contribution in [0.1, 0.15) is 54.6 Å². The maximum atomic E-state index is 13.3. The summed E-state index contributed by atoms with van der Waals surface area (Å²) in [4.78, 5) is 39.8. The number of thiophene rings is 1. The van der Waals surface area contributed by atoms with E-state index in [1.54, 1.807) is 37.4 Å². The maximum absolute atomic E-state index is 13.3. The van der Waals surface area contributed by atoms with Crippen LogP contribution in [0.4, 0.5) is 5.00 Å². The van der Waals surface area contributed by atoms with Crippen LogP contribution in [-0.4, -0.2) is 30.8 Å². The van der Waals surface area contributed by atoms with E-state index in [1.165, 1.54) is 23.7 Å². The summed E-state index contributed by atoms with van der Waals surface area (Å²) in [7, 11) is 1.58. The quantitative estimate of drug-likeness (QED) is 0.352. The van der Waals surface area contributed by atoms with E-state index in [0.29, 0.717) is 21.2 Å². The molecule has 0 bridgehead atoms. The van der Waals surface area contributed by atoms with Gasteiger partial charge in [0.2, 0.25) is 5.78 Å². The zero-order chi connectivity index (χ0) is 22.7. The van der Waals surface area contributed by atoms with Crippen LogP contribution in [0, 0.1) is 0 Å². The predicted molar refractivity (Wildman–Crippen MR) is 124 cm³/mol. The number of halogens is 1. The van der Waals surface area contributed by atoms with Gasteiger partial charge in [0.1, 0.15) is 5.00 Å². The van der Waals surface area contributed by atoms with E-state index in [2.05, 4.69) is 16.0 Å². The van der Waals surface area contributed by atoms with Crippen molar-refractivity contribution in [2.75, 3.05) is 12.4 Å². The van der Waals surface area contributed by atoms with Crippen molar-refractivity contribution < 1.29 is 18.8 Å². The average molecular weight is 472 g/mol. The molecular weight excluding hydrogens is 450 g/mol. The van der Waals surface area contributed by atoms with Crippen LogP contribution in [0.25, 0.3) is 0 Å². The Hall–Kier alpha value is -3.10. The second-order valence-electron chi connectivity index (χ2n) is 7.39. The summed E-state index contributed by atoms with van der Waals surface area (Å²) < 4.78 is 5.16. The van der Waals surface area contributed by atoms with Crippen molar-refractivity contribution in [3.8, 4) is 0 Å². The Labute approximate surface area is 194 Å². The lowest BCUT2D eigenvalue weighted by Crippen LogP contribution is -2.46. The highest BCUT2D eigenvalue weighted by molar-refractivity contribution is 7.16. The highest BCUT2D eigenvalue weighted by Gasteiger charge is 2.29. The lowest BCUT2D eigenvalue weighted by molar-refractivity contribution is 0.0853. The Morgan fingerprint density at radius 3 is 2.50 bits per heavy atom. The average Bonchev–Trinajstić information content (AvgIpc) is 3.46. The molecule has 0 unspecified atom stereocenters. The van der Waals surface area contributed by atoms with Crippen LogP contribution in [-0.2, 0) is 12.8 Å². The number of nitrogens with one attached hydrogen (secondary N) is 3. The van der Waals surface area contributed by atoms with Gasteiger partial charge in [-0.1, -0.05) is 11.6 Å². The first-order chi connectivity index (χ1) is 15.5. The molecule has 0 aliphatic heterocycles. The summed E-state index contributed by atoms with van der Waals surface area (Å²) in [5.41, 5.74) is 1.92. The van der Waals surface area contributed by atoms with Crippen LogP contribution in [0.15, 0.2) is 47.1 Å². The van der Waals surface area contributed by atoms with Gasteiger partial charge in [0.25, 0.3) is 11.8 Å². The fraction of sp³-hybridized carbons (Fsp3) is 0.261. The van der Waals surface area contributed by atoms with Gasteiger partial charge in [-0.25, -0.2) is 0 Å². The number of hydrogen-bond donors (Lipinski definition) is 3. The van der Waals surface area contributed by atoms with Gasteiger partial charge in [0.05, 0.1) is 11.8 Å². The fourth-order valence-corrected chi connectivity index (χ4v) is 5.16. The third kappa shape index (κ3) is 4.56. The number of benzene rings is 1. The molecule has 1 aliphatic rings. The van der Waals surface area contributed by atoms with E-state index in [9.17, 15) is 14.4 Å². The molecule has 2 aromatic heterocycles. The Balaban J connectivity index is 1.69. The first kappa shape index (κ1) is 22.1. The lowest BCUT2D eigenvalue weighted by atomic mass is 9.95. The lowest BCUT2D eigenvalue weighted by Gasteiger charge is -2.20. The second kappa shape index (κ2) is 9.58. The van der Waals surface area contributed by atoms with E-state index in [4.69, 9.17) is 16.0 Å². The first-order valence-electron chi connectivity index (χ1n) is 10.2. The number of rotatable bonds is 7. The number of anilines is 1. The van der Waals surface area contributed by atoms with Crippen molar-refractivity contribution in [3.63, 3.8) is 0 Å². The summed E-state index contributed by atoms with van der Waals surface area (Å²) in [6.07, 6.45) is 4.04. The normalized spacial score (nSPS) is 13.7. The molecule has 7 nitrogen and oxygen atoms in total. The number of ketones is 1. The minimum absolute atomic E-state index is 0.0812. The highest BCUT2D eigenvalue weighted by Crippen LogP contribution is 2.38. The van der Waals surface area contributed by atoms with Crippen molar-refractivity contribution in [2.24, 2.45) is 0 Å². The summed E-state index contributed by atoms with van der Waals surface area (Å²) in [6, 6.07) is 9.52. The van der Waals surface area contributed by atoms with E-state index in [0.717, 1.165) is 36.1 Å². The number of furan rings is 1. The maximum Gasteiger partial charge on any atom is 0.288 e. The third-order valence-electron chi connectivity index (χ3n) is 5.31. The molecule has 1 atom stereocenters. The molecule has 0 radical (unpaired) electrons. The van der Waals surface area contributed by atoms with Gasteiger partial charge < -0.3 is 20.4 Å². The minimum atomic E-state index is -1.11. The number of hydrogen-bond acceptors (Lipinski definition) is 6. The van der Waals surface area contributed by atoms with E-state index >= 15 is 0 Å². The molecule has 9 heteroatoms. The van der Waals surface area contributed by atoms with Crippen molar-refractivity contribution in [1.29, 1.82) is 0 Å². The summed E-state index contributed by atoms with van der Waals surface area (Å²) in [5, 5.41) is 9.57. The van der Waals surface area contributed by atoms with Crippen LogP contribution in [0.2, 0.25) is 5.02 Å². The molecular formula is C23H22ClN3O4S. The molecule has 0 saturated heterocycles. The van der Waals surface area contributed by atoms with Gasteiger partial charge in [0, 0.05) is 22.5 Å². The van der Waals surface area contributed by atoms with Gasteiger partial charge >= 0.3 is 0 Å². The van der Waals surface area contributed by atoms with E-state index in [-0.39, 0.29) is 17.5 Å². The Morgan fingerprint density at radius 2 is 1.81 bits per heavy atom. The Kier molecular flexibility index (Phi) is 6.62. The van der Waals surface area contributed by atoms with Crippen LogP contribution in [0.3, 0.4) is 0 Å². The third-order valence-corrected chi connectivity index (χ3v) is 6.79. The Morgan fingerprint density at radius 1 is 1.06 bits per heavy atom. The van der Waals surface area contributed by atoms with Crippen LogP contribution < -0.4 is 16.0 Å². The summed E-state index contributed by atoms with van der Waals surface area (Å²) >= 11 is 7.41. The molecule has 1 aromatic carbocycles. The van der Waals surface area contributed by atoms with Gasteiger partial charge in [-0.3, -0.25) is 14.4 Å². The van der Waals surface area contributed by atoms with Gasteiger partial charge in [-0.2, -0.15) is 0 Å². The van der Waals surface area contributed by atoms with Gasteiger partial charge in [-0.05, 0) is 67.6 Å². The summed E-state index contributed by atoms with van der Waals surface area (Å²) in [5.74, 6) is -1.05. The monoisotopic (exact) mass is 471 g/mol. The molecule has 2 heterocycles. The molecule has 0 spiro atoms. The number of carbonyl (C=O) groups excluding carboxylic acids is 3. The van der Waals surface area contributed by atoms with E-state index in [1.807, 2.05) is 0 Å². The molecule has 3 aromatic rings.